The molecule has 0 spiro atoms. The molecule has 1 aromatic rings. The van der Waals surface area contributed by atoms with Crippen molar-refractivity contribution in [2.45, 2.75) is 110 Å². The van der Waals surface area contributed by atoms with Crippen LogP contribution >= 0.6 is 0 Å². The summed E-state index contributed by atoms with van der Waals surface area (Å²) in [6.45, 7) is 12.5. The maximum atomic E-state index is 10.8. The van der Waals surface area contributed by atoms with Crippen molar-refractivity contribution >= 4 is 0 Å². The molecular weight excluding hydrogens is 382 g/mol. The van der Waals surface area contributed by atoms with Crippen molar-refractivity contribution < 1.29 is 15.9 Å². The zero-order chi connectivity index (χ0) is 23.0. The van der Waals surface area contributed by atoms with Gasteiger partial charge < -0.3 is 15.9 Å². The molecule has 3 heteroatoms. The second kappa shape index (κ2) is 12.3. The molecule has 31 heavy (non-hydrogen) atoms. The van der Waals surface area contributed by atoms with E-state index in [1.165, 1.54) is 50.5 Å². The number of aromatic hydroxyl groups is 2. The molecule has 3 rings (SSSR count). The molecule has 1 aromatic carbocycles. The molecule has 2 aliphatic carbocycles. The second-order valence-electron chi connectivity index (χ2n) is 9.93. The molecule has 174 valence electrons. The quantitative estimate of drug-likeness (QED) is 0.348. The Morgan fingerprint density at radius 2 is 1.77 bits per heavy atom. The molecule has 2 aliphatic rings. The van der Waals surface area contributed by atoms with E-state index < -0.39 is 0 Å². The van der Waals surface area contributed by atoms with E-state index in [4.69, 9.17) is 0 Å². The highest BCUT2D eigenvalue weighted by atomic mass is 16.3. The van der Waals surface area contributed by atoms with E-state index >= 15 is 0 Å². The van der Waals surface area contributed by atoms with Crippen molar-refractivity contribution in [2.24, 2.45) is 5.92 Å². The van der Waals surface area contributed by atoms with Gasteiger partial charge in [-0.25, -0.2) is 0 Å². The van der Waals surface area contributed by atoms with Gasteiger partial charge in [0.25, 0.3) is 0 Å². The van der Waals surface area contributed by atoms with Crippen LogP contribution < -0.4 is 5.73 Å². The third-order valence-electron chi connectivity index (χ3n) is 7.17. The number of allylic oxidation sites excluding steroid dienone is 3. The summed E-state index contributed by atoms with van der Waals surface area (Å²) in [5.41, 5.74) is 9.09. The van der Waals surface area contributed by atoms with E-state index in [1.54, 1.807) is 0 Å². The Kier molecular flexibility index (Phi) is 10.2. The maximum Gasteiger partial charge on any atom is 0.126 e. The predicted octanol–water partition coefficient (Wildman–Crippen LogP) is 6.72. The monoisotopic (exact) mass is 428 g/mol. The number of aryl methyl sites for hydroxylation is 1. The smallest absolute Gasteiger partial charge is 0.126 e. The highest BCUT2D eigenvalue weighted by Crippen LogP contribution is 2.47. The van der Waals surface area contributed by atoms with E-state index in [2.05, 4.69) is 32.2 Å². The van der Waals surface area contributed by atoms with Crippen LogP contribution in [0.15, 0.2) is 29.9 Å². The summed E-state index contributed by atoms with van der Waals surface area (Å²) in [5, 5.41) is 21.5. The minimum atomic E-state index is 0.0136. The second-order valence-corrected chi connectivity index (χ2v) is 9.93. The topological polar surface area (TPSA) is 68.1 Å². The van der Waals surface area contributed by atoms with Gasteiger partial charge in [-0.05, 0) is 95.2 Å². The minimum absolute atomic E-state index is 0.0136. The van der Waals surface area contributed by atoms with Crippen molar-refractivity contribution in [3.63, 3.8) is 0 Å². The zero-order valence-electron chi connectivity index (χ0n) is 20.5. The minimum Gasteiger partial charge on any atom is -0.507 e. The first kappa shape index (κ1) is 25.5. The van der Waals surface area contributed by atoms with E-state index in [0.717, 1.165) is 48.4 Å². The van der Waals surface area contributed by atoms with Gasteiger partial charge in [-0.2, -0.15) is 0 Å². The fourth-order valence-corrected chi connectivity index (χ4v) is 5.07. The molecule has 3 nitrogen and oxygen atoms in total. The van der Waals surface area contributed by atoms with Crippen LogP contribution in [0.3, 0.4) is 0 Å². The summed E-state index contributed by atoms with van der Waals surface area (Å²) in [7, 11) is 0. The molecule has 0 aromatic heterocycles. The van der Waals surface area contributed by atoms with E-state index in [9.17, 15) is 10.2 Å². The average molecular weight is 429 g/mol. The summed E-state index contributed by atoms with van der Waals surface area (Å²) in [5.74, 6) is 0.783. The van der Waals surface area contributed by atoms with Crippen molar-refractivity contribution in [3.05, 3.63) is 46.6 Å². The van der Waals surface area contributed by atoms with Crippen LogP contribution in [0.1, 0.15) is 108 Å². The molecule has 2 atom stereocenters. The van der Waals surface area contributed by atoms with Crippen molar-refractivity contribution in [3.8, 4) is 11.5 Å². The van der Waals surface area contributed by atoms with Gasteiger partial charge >= 0.3 is 0 Å². The summed E-state index contributed by atoms with van der Waals surface area (Å²) >= 11 is 0. The van der Waals surface area contributed by atoms with E-state index in [-0.39, 0.29) is 23.3 Å². The zero-order valence-corrected chi connectivity index (χ0v) is 20.5. The molecule has 0 saturated heterocycles. The first-order valence-corrected chi connectivity index (χ1v) is 12.5. The number of phenols is 2. The highest BCUT2D eigenvalue weighted by Gasteiger charge is 2.31. The average Bonchev–Trinajstić information content (AvgIpc) is 2.73. The van der Waals surface area contributed by atoms with Crippen LogP contribution in [0.4, 0.5) is 0 Å². The van der Waals surface area contributed by atoms with Gasteiger partial charge in [0.15, 0.2) is 0 Å². The number of rotatable bonds is 6. The molecular formula is C28H46NO2+. The molecule has 1 saturated carbocycles. The lowest BCUT2D eigenvalue weighted by molar-refractivity contribution is -0.425. The van der Waals surface area contributed by atoms with Crippen LogP contribution in [-0.2, 0) is 6.42 Å². The number of unbranched alkanes of at least 4 members (excludes halogenated alkanes) is 2. The van der Waals surface area contributed by atoms with Gasteiger partial charge in [0, 0.05) is 11.5 Å². The number of benzene rings is 1. The first-order chi connectivity index (χ1) is 14.8. The fourth-order valence-electron chi connectivity index (χ4n) is 5.07. The van der Waals surface area contributed by atoms with Crippen molar-refractivity contribution in [1.82, 2.24) is 0 Å². The van der Waals surface area contributed by atoms with E-state index in [0.29, 0.717) is 5.56 Å². The summed E-state index contributed by atoms with van der Waals surface area (Å²) in [6, 6.07) is 2.65. The maximum absolute atomic E-state index is 10.8. The van der Waals surface area contributed by atoms with Crippen LogP contribution in [0, 0.1) is 12.8 Å². The Morgan fingerprint density at radius 3 is 2.32 bits per heavy atom. The van der Waals surface area contributed by atoms with Crippen molar-refractivity contribution in [1.29, 1.82) is 0 Å². The Hall–Kier alpha value is -1.74. The SMILES string of the molecule is C=C(C)[C@@H]1CCC(C)=C[C@H]1c1c(O)cc(CCCCC)c(C)c1O.[NH3+]C1CCCCC1. The Bertz CT molecular complexity index is 759. The lowest BCUT2D eigenvalue weighted by Gasteiger charge is -2.32. The third kappa shape index (κ3) is 7.14. The standard InChI is InChI=1S/C22H32O2.C6H13N/c1-6-7-8-9-17-13-20(23)21(22(24)16(17)5)19-12-15(4)10-11-18(19)14(2)3;7-6-4-2-1-3-5-6/h12-13,18-19,23-24H,2,6-11H2,1,3-5H3;6H,1-5,7H2/p+1/t18-,19+;/m0./s1. The number of quaternary nitrogens is 1. The Balaban J connectivity index is 0.000000412. The summed E-state index contributed by atoms with van der Waals surface area (Å²) in [6.07, 6.45) is 15.7. The predicted molar refractivity (Wildman–Crippen MR) is 132 cm³/mol. The van der Waals surface area contributed by atoms with Gasteiger partial charge in [0.1, 0.15) is 11.5 Å². The third-order valence-corrected chi connectivity index (χ3v) is 7.17. The van der Waals surface area contributed by atoms with Gasteiger partial charge in [-0.3, -0.25) is 0 Å². The molecule has 0 radical (unpaired) electrons. The van der Waals surface area contributed by atoms with Gasteiger partial charge in [0.05, 0.1) is 6.04 Å². The largest absolute Gasteiger partial charge is 0.507 e. The van der Waals surface area contributed by atoms with E-state index in [1.807, 2.05) is 19.9 Å². The summed E-state index contributed by atoms with van der Waals surface area (Å²) in [4.78, 5) is 0. The normalized spacial score (nSPS) is 21.8. The van der Waals surface area contributed by atoms with Crippen LogP contribution in [-0.4, -0.2) is 16.3 Å². The molecule has 0 amide bonds. The van der Waals surface area contributed by atoms with Crippen LogP contribution in [0.25, 0.3) is 0 Å². The fraction of sp³-hybridized carbons (Fsp3) is 0.643. The molecule has 0 unspecified atom stereocenters. The van der Waals surface area contributed by atoms with Gasteiger partial charge in [-0.15, -0.1) is 0 Å². The number of hydrogen-bond donors (Lipinski definition) is 3. The number of hydrogen-bond acceptors (Lipinski definition) is 2. The molecule has 1 fully saturated rings. The summed E-state index contributed by atoms with van der Waals surface area (Å²) < 4.78 is 0. The highest BCUT2D eigenvalue weighted by molar-refractivity contribution is 5.56. The Labute approximate surface area is 190 Å². The lowest BCUT2D eigenvalue weighted by atomic mass is 9.73. The molecule has 0 bridgehead atoms. The van der Waals surface area contributed by atoms with Gasteiger partial charge in [0.2, 0.25) is 0 Å². The molecule has 0 heterocycles. The van der Waals surface area contributed by atoms with Crippen LogP contribution in [0.2, 0.25) is 0 Å². The lowest BCUT2D eigenvalue weighted by Crippen LogP contribution is -2.61. The molecule has 5 N–H and O–H groups in total. The first-order valence-electron chi connectivity index (χ1n) is 12.5. The van der Waals surface area contributed by atoms with Crippen molar-refractivity contribution in [2.75, 3.05) is 0 Å². The van der Waals surface area contributed by atoms with Crippen LogP contribution in [0.5, 0.6) is 11.5 Å². The van der Waals surface area contributed by atoms with Gasteiger partial charge in [-0.1, -0.05) is 50.0 Å². The molecule has 0 aliphatic heterocycles. The Morgan fingerprint density at radius 1 is 1.10 bits per heavy atom. The number of phenolic OH excluding ortho intramolecular Hbond substituents is 2.